The topological polar surface area (TPSA) is 55.8 Å². The van der Waals surface area contributed by atoms with E-state index in [0.29, 0.717) is 37.4 Å². The highest BCUT2D eigenvalue weighted by Gasteiger charge is 2.39. The van der Waals surface area contributed by atoms with Crippen molar-refractivity contribution in [2.45, 2.75) is 44.2 Å². The predicted octanol–water partition coefficient (Wildman–Crippen LogP) is 5.29. The van der Waals surface area contributed by atoms with Crippen molar-refractivity contribution in [3.8, 4) is 11.5 Å². The fraction of sp³-hybridized carbons (Fsp3) is 0.435. The van der Waals surface area contributed by atoms with Crippen LogP contribution in [0.3, 0.4) is 0 Å². The fourth-order valence-electron chi connectivity index (χ4n) is 3.80. The largest absolute Gasteiger partial charge is 0.497 e. The van der Waals surface area contributed by atoms with E-state index in [1.807, 2.05) is 24.3 Å². The maximum atomic E-state index is 15.4. The van der Waals surface area contributed by atoms with Crippen LogP contribution in [0.15, 0.2) is 42.5 Å². The van der Waals surface area contributed by atoms with Crippen LogP contribution in [0.2, 0.25) is 0 Å². The number of ether oxygens (including phenoxy) is 2. The highest BCUT2D eigenvalue weighted by atomic mass is 19.1. The average molecular weight is 404 g/mol. The van der Waals surface area contributed by atoms with E-state index in [-0.39, 0.29) is 30.7 Å². The highest BCUT2D eigenvalue weighted by Crippen LogP contribution is 2.44. The van der Waals surface area contributed by atoms with Crippen LogP contribution in [0.4, 0.5) is 8.78 Å². The van der Waals surface area contributed by atoms with Gasteiger partial charge in [0, 0.05) is 12.0 Å². The minimum atomic E-state index is -1.69. The second-order valence-corrected chi connectivity index (χ2v) is 7.61. The second kappa shape index (κ2) is 9.25. The molecule has 0 radical (unpaired) electrons. The Hall–Kier alpha value is -2.63. The van der Waals surface area contributed by atoms with Crippen molar-refractivity contribution >= 4 is 5.97 Å². The number of rotatable bonds is 8. The van der Waals surface area contributed by atoms with E-state index in [1.54, 1.807) is 0 Å². The molecule has 1 fully saturated rings. The summed E-state index contributed by atoms with van der Waals surface area (Å²) in [6.07, 6.45) is 2.21. The number of aryl methyl sites for hydroxylation is 1. The molecule has 0 aromatic heterocycles. The van der Waals surface area contributed by atoms with Gasteiger partial charge >= 0.3 is 5.97 Å². The molecule has 3 rings (SSSR count). The Morgan fingerprint density at radius 2 is 1.93 bits per heavy atom. The normalized spacial score (nSPS) is 21.6. The van der Waals surface area contributed by atoms with Gasteiger partial charge in [0.15, 0.2) is 0 Å². The van der Waals surface area contributed by atoms with Gasteiger partial charge in [-0.15, -0.1) is 0 Å². The zero-order chi connectivity index (χ0) is 20.9. The van der Waals surface area contributed by atoms with Crippen LogP contribution in [-0.2, 0) is 16.9 Å². The second-order valence-electron chi connectivity index (χ2n) is 7.61. The van der Waals surface area contributed by atoms with Crippen LogP contribution in [-0.4, -0.2) is 24.8 Å². The molecule has 4 nitrogen and oxygen atoms in total. The summed E-state index contributed by atoms with van der Waals surface area (Å²) in [6, 6.07) is 11.6. The fourth-order valence-corrected chi connectivity index (χ4v) is 3.80. The molecule has 156 valence electrons. The molecule has 0 heterocycles. The predicted molar refractivity (Wildman–Crippen MR) is 106 cm³/mol. The van der Waals surface area contributed by atoms with E-state index in [1.165, 1.54) is 25.3 Å². The van der Waals surface area contributed by atoms with Crippen LogP contribution in [0.25, 0.3) is 0 Å². The lowest BCUT2D eigenvalue weighted by atomic mass is 9.76. The standard InChI is InChI=1S/C23H26F2O4/c1-28-18-6-7-21(24)20(14-18)23(25)11-9-17(10-12-23)15-29-19-4-2-3-16(13-19)5-8-22(26)27/h2-4,6-7,13-14,17H,5,8-12,15H2,1H3,(H,26,27). The van der Waals surface area contributed by atoms with Crippen LogP contribution in [0, 0.1) is 11.7 Å². The summed E-state index contributed by atoms with van der Waals surface area (Å²) in [5, 5.41) is 8.80. The van der Waals surface area contributed by atoms with Crippen molar-refractivity contribution in [2.75, 3.05) is 13.7 Å². The molecule has 0 bridgehead atoms. The van der Waals surface area contributed by atoms with Gasteiger partial charge in [0.1, 0.15) is 23.0 Å². The Morgan fingerprint density at radius 3 is 2.62 bits per heavy atom. The number of halogens is 2. The molecule has 0 atom stereocenters. The molecule has 0 spiro atoms. The Kier molecular flexibility index (Phi) is 6.72. The van der Waals surface area contributed by atoms with Crippen molar-refractivity contribution < 1.29 is 28.2 Å². The number of alkyl halides is 1. The van der Waals surface area contributed by atoms with Gasteiger partial charge in [-0.2, -0.15) is 0 Å². The van der Waals surface area contributed by atoms with Gasteiger partial charge < -0.3 is 14.6 Å². The molecule has 1 saturated carbocycles. The minimum Gasteiger partial charge on any atom is -0.497 e. The van der Waals surface area contributed by atoms with Gasteiger partial charge in [0.2, 0.25) is 0 Å². The van der Waals surface area contributed by atoms with Crippen LogP contribution < -0.4 is 9.47 Å². The molecule has 1 aliphatic rings. The summed E-state index contributed by atoms with van der Waals surface area (Å²) in [5.41, 5.74) is -0.710. The molecule has 6 heteroatoms. The molecule has 0 saturated heterocycles. The van der Waals surface area contributed by atoms with Crippen molar-refractivity contribution in [3.05, 3.63) is 59.4 Å². The maximum Gasteiger partial charge on any atom is 0.303 e. The van der Waals surface area contributed by atoms with Crippen LogP contribution in [0.5, 0.6) is 11.5 Å². The van der Waals surface area contributed by atoms with Gasteiger partial charge in [-0.3, -0.25) is 4.79 Å². The lowest BCUT2D eigenvalue weighted by Crippen LogP contribution is -2.30. The van der Waals surface area contributed by atoms with E-state index in [0.717, 1.165) is 5.56 Å². The van der Waals surface area contributed by atoms with E-state index in [9.17, 15) is 9.18 Å². The summed E-state index contributed by atoms with van der Waals surface area (Å²) in [4.78, 5) is 10.7. The molecule has 29 heavy (non-hydrogen) atoms. The summed E-state index contributed by atoms with van der Waals surface area (Å²) in [7, 11) is 1.48. The van der Waals surface area contributed by atoms with Crippen LogP contribution >= 0.6 is 0 Å². The molecule has 0 aliphatic heterocycles. The Labute approximate surface area is 169 Å². The molecule has 1 aliphatic carbocycles. The van der Waals surface area contributed by atoms with Crippen LogP contribution in [0.1, 0.15) is 43.2 Å². The third-order valence-corrected chi connectivity index (χ3v) is 5.57. The first-order chi connectivity index (χ1) is 13.9. The maximum absolute atomic E-state index is 15.4. The molecule has 0 amide bonds. The van der Waals surface area contributed by atoms with Gasteiger partial charge in [0.05, 0.1) is 13.7 Å². The van der Waals surface area contributed by atoms with Gasteiger partial charge in [-0.05, 0) is 73.9 Å². The Morgan fingerprint density at radius 1 is 1.17 bits per heavy atom. The lowest BCUT2D eigenvalue weighted by molar-refractivity contribution is -0.136. The third kappa shape index (κ3) is 5.46. The van der Waals surface area contributed by atoms with E-state index >= 15 is 4.39 Å². The molecular weight excluding hydrogens is 378 g/mol. The molecule has 0 unspecified atom stereocenters. The number of hydrogen-bond donors (Lipinski definition) is 1. The first-order valence-electron chi connectivity index (χ1n) is 9.86. The monoisotopic (exact) mass is 404 g/mol. The van der Waals surface area contributed by atoms with Crippen molar-refractivity contribution in [2.24, 2.45) is 5.92 Å². The molecule has 2 aromatic rings. The molecular formula is C23H26F2O4. The molecule has 1 N–H and O–H groups in total. The summed E-state index contributed by atoms with van der Waals surface area (Å²) >= 11 is 0. The number of benzene rings is 2. The quantitative estimate of drug-likeness (QED) is 0.650. The van der Waals surface area contributed by atoms with Gasteiger partial charge in [-0.1, -0.05) is 12.1 Å². The summed E-state index contributed by atoms with van der Waals surface area (Å²) < 4.78 is 40.6. The van der Waals surface area contributed by atoms with E-state index < -0.39 is 17.5 Å². The van der Waals surface area contributed by atoms with E-state index in [4.69, 9.17) is 14.6 Å². The van der Waals surface area contributed by atoms with Gasteiger partial charge in [0.25, 0.3) is 0 Å². The lowest BCUT2D eigenvalue weighted by Gasteiger charge is -2.34. The SMILES string of the molecule is COc1ccc(F)c(C2(F)CCC(COc3cccc(CCC(=O)O)c3)CC2)c1. The smallest absolute Gasteiger partial charge is 0.303 e. The number of aliphatic carboxylic acids is 1. The summed E-state index contributed by atoms with van der Waals surface area (Å²) in [5.74, 6) is -0.0485. The van der Waals surface area contributed by atoms with Crippen molar-refractivity contribution in [1.29, 1.82) is 0 Å². The summed E-state index contributed by atoms with van der Waals surface area (Å²) in [6.45, 7) is 0.457. The number of carboxylic acids is 1. The molecule has 2 aromatic carbocycles. The first kappa shape index (κ1) is 21.1. The van der Waals surface area contributed by atoms with E-state index in [2.05, 4.69) is 0 Å². The number of carbonyl (C=O) groups is 1. The third-order valence-electron chi connectivity index (χ3n) is 5.57. The van der Waals surface area contributed by atoms with Crippen molar-refractivity contribution in [3.63, 3.8) is 0 Å². The Bertz CT molecular complexity index is 845. The number of carboxylic acid groups (broad SMARTS) is 1. The van der Waals surface area contributed by atoms with Gasteiger partial charge in [-0.25, -0.2) is 8.78 Å². The van der Waals surface area contributed by atoms with Crippen molar-refractivity contribution in [1.82, 2.24) is 0 Å². The first-order valence-corrected chi connectivity index (χ1v) is 9.86. The Balaban J connectivity index is 1.55. The zero-order valence-corrected chi connectivity index (χ0v) is 16.5. The number of hydrogen-bond acceptors (Lipinski definition) is 3. The highest BCUT2D eigenvalue weighted by molar-refractivity contribution is 5.67. The zero-order valence-electron chi connectivity index (χ0n) is 16.5. The number of methoxy groups -OCH3 is 1. The average Bonchev–Trinajstić information content (AvgIpc) is 2.72. The minimum absolute atomic E-state index is 0.0716.